The summed E-state index contributed by atoms with van der Waals surface area (Å²) in [6.07, 6.45) is 0. The van der Waals surface area contributed by atoms with E-state index < -0.39 is 0 Å². The van der Waals surface area contributed by atoms with E-state index >= 15 is 0 Å². The summed E-state index contributed by atoms with van der Waals surface area (Å²) in [5.74, 6) is 6.98. The van der Waals surface area contributed by atoms with Crippen LogP contribution in [0.3, 0.4) is 0 Å². The minimum Gasteiger partial charge on any atom is -0.493 e. The predicted octanol–water partition coefficient (Wildman–Crippen LogP) is 2.12. The van der Waals surface area contributed by atoms with Gasteiger partial charge in [0.15, 0.2) is 11.5 Å². The van der Waals surface area contributed by atoms with Crippen molar-refractivity contribution in [3.05, 3.63) is 23.8 Å². The first-order valence-electron chi connectivity index (χ1n) is 5.15. The summed E-state index contributed by atoms with van der Waals surface area (Å²) in [4.78, 5) is 0. The maximum atomic E-state index is 5.79. The SMILES string of the molecule is CC#CCOc1ccc(C(C)N)cc1OC. The molecule has 0 aliphatic rings. The van der Waals surface area contributed by atoms with Crippen molar-refractivity contribution in [3.8, 4) is 23.3 Å². The Morgan fingerprint density at radius 3 is 2.69 bits per heavy atom. The van der Waals surface area contributed by atoms with E-state index in [1.165, 1.54) is 0 Å². The lowest BCUT2D eigenvalue weighted by molar-refractivity contribution is 0.330. The van der Waals surface area contributed by atoms with Gasteiger partial charge in [-0.15, -0.1) is 5.92 Å². The smallest absolute Gasteiger partial charge is 0.162 e. The second-order valence-electron chi connectivity index (χ2n) is 3.41. The van der Waals surface area contributed by atoms with Gasteiger partial charge in [-0.1, -0.05) is 12.0 Å². The molecular formula is C13H17NO2. The minimum absolute atomic E-state index is 0.0154. The van der Waals surface area contributed by atoms with Crippen LogP contribution in [0.2, 0.25) is 0 Å². The molecular weight excluding hydrogens is 202 g/mol. The summed E-state index contributed by atoms with van der Waals surface area (Å²) in [6.45, 7) is 4.07. The number of ether oxygens (including phenoxy) is 2. The molecule has 0 aliphatic heterocycles. The monoisotopic (exact) mass is 219 g/mol. The van der Waals surface area contributed by atoms with Gasteiger partial charge in [-0.2, -0.15) is 0 Å². The summed E-state index contributed by atoms with van der Waals surface area (Å²) < 4.78 is 10.7. The van der Waals surface area contributed by atoms with E-state index in [2.05, 4.69) is 11.8 Å². The van der Waals surface area contributed by atoms with Crippen LogP contribution < -0.4 is 15.2 Å². The zero-order chi connectivity index (χ0) is 12.0. The molecule has 0 saturated carbocycles. The van der Waals surface area contributed by atoms with Crippen LogP contribution in [-0.4, -0.2) is 13.7 Å². The van der Waals surface area contributed by atoms with Crippen molar-refractivity contribution < 1.29 is 9.47 Å². The van der Waals surface area contributed by atoms with Gasteiger partial charge in [-0.05, 0) is 31.5 Å². The van der Waals surface area contributed by atoms with Crippen molar-refractivity contribution >= 4 is 0 Å². The Bertz CT molecular complexity index is 402. The molecule has 1 unspecified atom stereocenters. The second kappa shape index (κ2) is 6.04. The number of rotatable bonds is 4. The molecule has 0 fully saturated rings. The van der Waals surface area contributed by atoms with E-state index in [1.807, 2.05) is 25.1 Å². The molecule has 0 radical (unpaired) electrons. The molecule has 0 bridgehead atoms. The predicted molar refractivity (Wildman–Crippen MR) is 64.5 cm³/mol. The number of nitrogens with two attached hydrogens (primary N) is 1. The lowest BCUT2D eigenvalue weighted by atomic mass is 10.1. The summed E-state index contributed by atoms with van der Waals surface area (Å²) in [6, 6.07) is 5.66. The van der Waals surface area contributed by atoms with Crippen molar-refractivity contribution in [2.24, 2.45) is 5.73 Å². The average Bonchev–Trinajstić information content (AvgIpc) is 2.29. The number of benzene rings is 1. The van der Waals surface area contributed by atoms with E-state index in [4.69, 9.17) is 15.2 Å². The van der Waals surface area contributed by atoms with E-state index in [0.717, 1.165) is 5.56 Å². The summed E-state index contributed by atoms with van der Waals surface area (Å²) >= 11 is 0. The molecule has 0 aromatic heterocycles. The molecule has 0 aliphatic carbocycles. The first kappa shape index (κ1) is 12.4. The van der Waals surface area contributed by atoms with Crippen molar-refractivity contribution in [2.75, 3.05) is 13.7 Å². The zero-order valence-electron chi connectivity index (χ0n) is 9.91. The Kier molecular flexibility index (Phi) is 4.68. The van der Waals surface area contributed by atoms with Crippen molar-refractivity contribution in [3.63, 3.8) is 0 Å². The third-order valence-corrected chi connectivity index (χ3v) is 2.19. The van der Waals surface area contributed by atoms with Crippen molar-refractivity contribution in [1.29, 1.82) is 0 Å². The van der Waals surface area contributed by atoms with Gasteiger partial charge < -0.3 is 15.2 Å². The van der Waals surface area contributed by atoms with Crippen LogP contribution in [0.5, 0.6) is 11.5 Å². The fourth-order valence-corrected chi connectivity index (χ4v) is 1.27. The van der Waals surface area contributed by atoms with Crippen LogP contribution in [0, 0.1) is 11.8 Å². The fraction of sp³-hybridized carbons (Fsp3) is 0.385. The maximum absolute atomic E-state index is 5.79. The summed E-state index contributed by atoms with van der Waals surface area (Å²) in [5, 5.41) is 0. The number of methoxy groups -OCH3 is 1. The molecule has 1 aromatic rings. The van der Waals surface area contributed by atoms with Crippen LogP contribution >= 0.6 is 0 Å². The van der Waals surface area contributed by atoms with Crippen LogP contribution in [0.15, 0.2) is 18.2 Å². The second-order valence-corrected chi connectivity index (χ2v) is 3.41. The maximum Gasteiger partial charge on any atom is 0.162 e. The quantitative estimate of drug-likeness (QED) is 0.789. The average molecular weight is 219 g/mol. The van der Waals surface area contributed by atoms with Gasteiger partial charge in [0.1, 0.15) is 6.61 Å². The Morgan fingerprint density at radius 2 is 2.12 bits per heavy atom. The third-order valence-electron chi connectivity index (χ3n) is 2.19. The highest BCUT2D eigenvalue weighted by molar-refractivity contribution is 5.43. The largest absolute Gasteiger partial charge is 0.493 e. The van der Waals surface area contributed by atoms with Gasteiger partial charge in [-0.3, -0.25) is 0 Å². The number of hydrogen-bond acceptors (Lipinski definition) is 3. The molecule has 2 N–H and O–H groups in total. The van der Waals surface area contributed by atoms with E-state index in [0.29, 0.717) is 18.1 Å². The van der Waals surface area contributed by atoms with Crippen LogP contribution in [0.25, 0.3) is 0 Å². The van der Waals surface area contributed by atoms with Gasteiger partial charge in [0.25, 0.3) is 0 Å². The molecule has 0 spiro atoms. The first-order valence-corrected chi connectivity index (χ1v) is 5.15. The van der Waals surface area contributed by atoms with E-state index in [9.17, 15) is 0 Å². The summed E-state index contributed by atoms with van der Waals surface area (Å²) in [7, 11) is 1.61. The molecule has 1 aromatic carbocycles. The van der Waals surface area contributed by atoms with E-state index in [1.54, 1.807) is 14.0 Å². The van der Waals surface area contributed by atoms with E-state index in [-0.39, 0.29) is 6.04 Å². The first-order chi connectivity index (χ1) is 7.69. The normalized spacial score (nSPS) is 11.2. The fourth-order valence-electron chi connectivity index (χ4n) is 1.27. The van der Waals surface area contributed by atoms with Gasteiger partial charge in [0.05, 0.1) is 7.11 Å². The van der Waals surface area contributed by atoms with Gasteiger partial charge >= 0.3 is 0 Å². The van der Waals surface area contributed by atoms with Crippen molar-refractivity contribution in [1.82, 2.24) is 0 Å². The standard InChI is InChI=1S/C13H17NO2/c1-4-5-8-16-12-7-6-11(10(2)14)9-13(12)15-3/h6-7,9-10H,8,14H2,1-3H3. The third kappa shape index (κ3) is 3.18. The Labute approximate surface area is 96.6 Å². The van der Waals surface area contributed by atoms with Gasteiger partial charge in [0, 0.05) is 6.04 Å². The Balaban J connectivity index is 2.87. The molecule has 0 heterocycles. The molecule has 86 valence electrons. The minimum atomic E-state index is -0.0154. The van der Waals surface area contributed by atoms with Crippen molar-refractivity contribution in [2.45, 2.75) is 19.9 Å². The Morgan fingerprint density at radius 1 is 1.38 bits per heavy atom. The van der Waals surface area contributed by atoms with Crippen LogP contribution in [0.4, 0.5) is 0 Å². The summed E-state index contributed by atoms with van der Waals surface area (Å²) in [5.41, 5.74) is 6.81. The zero-order valence-corrected chi connectivity index (χ0v) is 9.91. The molecule has 16 heavy (non-hydrogen) atoms. The van der Waals surface area contributed by atoms with Gasteiger partial charge in [-0.25, -0.2) is 0 Å². The lowest BCUT2D eigenvalue weighted by Crippen LogP contribution is -2.05. The highest BCUT2D eigenvalue weighted by Gasteiger charge is 2.07. The lowest BCUT2D eigenvalue weighted by Gasteiger charge is -2.12. The highest BCUT2D eigenvalue weighted by atomic mass is 16.5. The molecule has 3 heteroatoms. The van der Waals surface area contributed by atoms with Crippen LogP contribution in [-0.2, 0) is 0 Å². The molecule has 0 saturated heterocycles. The molecule has 3 nitrogen and oxygen atoms in total. The number of hydrogen-bond donors (Lipinski definition) is 1. The topological polar surface area (TPSA) is 44.5 Å². The molecule has 1 rings (SSSR count). The Hall–Kier alpha value is -1.66. The highest BCUT2D eigenvalue weighted by Crippen LogP contribution is 2.29. The van der Waals surface area contributed by atoms with Gasteiger partial charge in [0.2, 0.25) is 0 Å². The molecule has 0 amide bonds. The van der Waals surface area contributed by atoms with Crippen LogP contribution in [0.1, 0.15) is 25.5 Å². The molecule has 1 atom stereocenters.